The number of hydrogen-bond donors (Lipinski definition) is 1. The average molecular weight is 448 g/mol. The number of anilines is 2. The first-order chi connectivity index (χ1) is 16.0. The zero-order valence-electron chi connectivity index (χ0n) is 19.4. The molecule has 4 rings (SSSR count). The van der Waals surface area contributed by atoms with Gasteiger partial charge in [0.1, 0.15) is 6.67 Å². The normalized spacial score (nSPS) is 13.9. The van der Waals surface area contributed by atoms with Crippen LogP contribution < -0.4 is 10.2 Å². The maximum atomic E-state index is 13.0. The molecule has 1 fully saturated rings. The molecular formula is C27H30FN3O2. The Balaban J connectivity index is 1.65. The Hall–Kier alpha value is -3.25. The predicted octanol–water partition coefficient (Wildman–Crippen LogP) is 5.74. The molecule has 2 aromatic carbocycles. The predicted molar refractivity (Wildman–Crippen MR) is 131 cm³/mol. The summed E-state index contributed by atoms with van der Waals surface area (Å²) in [6.45, 7) is 8.89. The smallest absolute Gasteiger partial charge is 0.255 e. The number of ether oxygens (including phenoxy) is 1. The average Bonchev–Trinajstić information content (AvgIpc) is 2.85. The van der Waals surface area contributed by atoms with Crippen LogP contribution in [0.15, 0.2) is 54.7 Å². The summed E-state index contributed by atoms with van der Waals surface area (Å²) in [5, 5.41) is 2.95. The van der Waals surface area contributed by atoms with Gasteiger partial charge in [-0.15, -0.1) is 0 Å². The zero-order chi connectivity index (χ0) is 23.4. The van der Waals surface area contributed by atoms with Crippen molar-refractivity contribution in [3.8, 4) is 11.1 Å². The third-order valence-corrected chi connectivity index (χ3v) is 5.95. The van der Waals surface area contributed by atoms with E-state index in [4.69, 9.17) is 9.72 Å². The molecule has 2 heterocycles. The minimum atomic E-state index is -0.597. The van der Waals surface area contributed by atoms with Gasteiger partial charge in [-0.3, -0.25) is 9.78 Å². The topological polar surface area (TPSA) is 54.5 Å². The largest absolute Gasteiger partial charge is 0.378 e. The van der Waals surface area contributed by atoms with E-state index >= 15 is 0 Å². The number of halogens is 1. The van der Waals surface area contributed by atoms with E-state index in [0.29, 0.717) is 35.9 Å². The maximum Gasteiger partial charge on any atom is 0.255 e. The molecule has 0 spiro atoms. The lowest BCUT2D eigenvalue weighted by atomic mass is 9.98. The van der Waals surface area contributed by atoms with Crippen LogP contribution >= 0.6 is 0 Å². The lowest BCUT2D eigenvalue weighted by Crippen LogP contribution is -2.37. The number of nitrogens with zero attached hydrogens (tertiary/aromatic N) is 2. The van der Waals surface area contributed by atoms with Crippen LogP contribution in [-0.2, 0) is 11.4 Å². The monoisotopic (exact) mass is 447 g/mol. The van der Waals surface area contributed by atoms with Gasteiger partial charge in [-0.1, -0.05) is 32.0 Å². The SMILES string of the molecule is Cc1ccc(NC(=O)c2cccc(CF)c2)cc1-c1cnc(C(C)C)c(N2CCOCC2)c1. The summed E-state index contributed by atoms with van der Waals surface area (Å²) < 4.78 is 18.5. The highest BCUT2D eigenvalue weighted by atomic mass is 19.1. The van der Waals surface area contributed by atoms with Gasteiger partial charge >= 0.3 is 0 Å². The van der Waals surface area contributed by atoms with Gasteiger partial charge in [0.05, 0.1) is 24.6 Å². The Kier molecular flexibility index (Phi) is 7.04. The van der Waals surface area contributed by atoms with Gasteiger partial charge in [0.2, 0.25) is 0 Å². The molecule has 1 aliphatic heterocycles. The van der Waals surface area contributed by atoms with Crippen molar-refractivity contribution in [2.45, 2.75) is 33.4 Å². The van der Waals surface area contributed by atoms with Gasteiger partial charge in [-0.2, -0.15) is 0 Å². The fraction of sp³-hybridized carbons (Fsp3) is 0.333. The van der Waals surface area contributed by atoms with Crippen molar-refractivity contribution in [2.24, 2.45) is 0 Å². The number of rotatable bonds is 6. The lowest BCUT2D eigenvalue weighted by Gasteiger charge is -2.31. The number of amides is 1. The summed E-state index contributed by atoms with van der Waals surface area (Å²) in [6.07, 6.45) is 1.91. The lowest BCUT2D eigenvalue weighted by molar-refractivity contribution is 0.102. The molecule has 1 amide bonds. The number of benzene rings is 2. The van der Waals surface area contributed by atoms with Crippen LogP contribution in [0.3, 0.4) is 0 Å². The zero-order valence-corrected chi connectivity index (χ0v) is 19.4. The Morgan fingerprint density at radius 1 is 1.15 bits per heavy atom. The number of alkyl halides is 1. The molecule has 3 aromatic rings. The van der Waals surface area contributed by atoms with E-state index in [0.717, 1.165) is 41.2 Å². The number of pyridine rings is 1. The Morgan fingerprint density at radius 3 is 2.67 bits per heavy atom. The molecule has 1 aliphatic rings. The Morgan fingerprint density at radius 2 is 1.94 bits per heavy atom. The number of morpholine rings is 1. The molecule has 1 saturated heterocycles. The molecule has 0 bridgehead atoms. The number of carbonyl (C=O) groups excluding carboxylic acids is 1. The molecule has 1 aromatic heterocycles. The van der Waals surface area contributed by atoms with Crippen molar-refractivity contribution in [3.05, 3.63) is 77.1 Å². The van der Waals surface area contributed by atoms with Crippen molar-refractivity contribution in [1.82, 2.24) is 4.98 Å². The summed E-state index contributed by atoms with van der Waals surface area (Å²) in [5.74, 6) is 0.0473. The summed E-state index contributed by atoms with van der Waals surface area (Å²) in [7, 11) is 0. The molecular weight excluding hydrogens is 417 g/mol. The highest BCUT2D eigenvalue weighted by Crippen LogP contribution is 2.33. The van der Waals surface area contributed by atoms with E-state index in [9.17, 15) is 9.18 Å². The standard InChI is InChI=1S/C27H30FN3O2/c1-18(2)26-25(31-9-11-33-12-10-31)14-22(17-29-26)24-15-23(8-7-19(24)3)30-27(32)21-6-4-5-20(13-21)16-28/h4-8,13-15,17-18H,9-12,16H2,1-3H3,(H,30,32). The molecule has 33 heavy (non-hydrogen) atoms. The van der Waals surface area contributed by atoms with Gasteiger partial charge in [-0.05, 0) is 59.9 Å². The molecule has 0 aliphatic carbocycles. The van der Waals surface area contributed by atoms with Crippen LogP contribution in [0.5, 0.6) is 0 Å². The maximum absolute atomic E-state index is 13.0. The second kappa shape index (κ2) is 10.1. The van der Waals surface area contributed by atoms with Crippen LogP contribution in [0.1, 0.15) is 46.9 Å². The van der Waals surface area contributed by atoms with Gasteiger partial charge in [0.25, 0.3) is 5.91 Å². The van der Waals surface area contributed by atoms with Crippen molar-refractivity contribution >= 4 is 17.3 Å². The summed E-state index contributed by atoms with van der Waals surface area (Å²) in [5.41, 5.74) is 6.95. The third kappa shape index (κ3) is 5.22. The molecule has 172 valence electrons. The van der Waals surface area contributed by atoms with Gasteiger partial charge in [0.15, 0.2) is 0 Å². The minimum Gasteiger partial charge on any atom is -0.378 e. The van der Waals surface area contributed by atoms with E-state index in [-0.39, 0.29) is 5.91 Å². The van der Waals surface area contributed by atoms with E-state index < -0.39 is 6.67 Å². The van der Waals surface area contributed by atoms with Gasteiger partial charge in [-0.25, -0.2) is 4.39 Å². The number of hydrogen-bond acceptors (Lipinski definition) is 4. The molecule has 6 heteroatoms. The first-order valence-corrected chi connectivity index (χ1v) is 11.4. The second-order valence-electron chi connectivity index (χ2n) is 8.70. The van der Waals surface area contributed by atoms with Crippen LogP contribution in [-0.4, -0.2) is 37.2 Å². The first kappa shape index (κ1) is 22.9. The van der Waals surface area contributed by atoms with Crippen molar-refractivity contribution in [1.29, 1.82) is 0 Å². The third-order valence-electron chi connectivity index (χ3n) is 5.95. The fourth-order valence-corrected chi connectivity index (χ4v) is 4.12. The first-order valence-electron chi connectivity index (χ1n) is 11.4. The van der Waals surface area contributed by atoms with E-state index in [2.05, 4.69) is 37.1 Å². The highest BCUT2D eigenvalue weighted by Gasteiger charge is 2.19. The molecule has 0 saturated carbocycles. The van der Waals surface area contributed by atoms with Crippen LogP contribution in [0.25, 0.3) is 11.1 Å². The van der Waals surface area contributed by atoms with Crippen LogP contribution in [0.2, 0.25) is 0 Å². The summed E-state index contributed by atoms with van der Waals surface area (Å²) >= 11 is 0. The molecule has 0 radical (unpaired) electrons. The van der Waals surface area contributed by atoms with Crippen LogP contribution in [0.4, 0.5) is 15.8 Å². The quantitative estimate of drug-likeness (QED) is 0.524. The molecule has 5 nitrogen and oxygen atoms in total. The number of nitrogens with one attached hydrogen (secondary N) is 1. The number of carbonyl (C=O) groups is 1. The molecule has 0 unspecified atom stereocenters. The van der Waals surface area contributed by atoms with Gasteiger partial charge < -0.3 is 15.0 Å². The number of aryl methyl sites for hydroxylation is 1. The van der Waals surface area contributed by atoms with Gasteiger partial charge in [0, 0.05) is 36.1 Å². The van der Waals surface area contributed by atoms with Crippen LogP contribution in [0, 0.1) is 6.92 Å². The Bertz CT molecular complexity index is 1140. The van der Waals surface area contributed by atoms with Crippen molar-refractivity contribution in [2.75, 3.05) is 36.5 Å². The molecule has 1 N–H and O–H groups in total. The second-order valence-corrected chi connectivity index (χ2v) is 8.70. The highest BCUT2D eigenvalue weighted by molar-refractivity contribution is 6.04. The molecule has 0 atom stereocenters. The van der Waals surface area contributed by atoms with E-state index in [1.165, 1.54) is 0 Å². The summed E-state index contributed by atoms with van der Waals surface area (Å²) in [6, 6.07) is 14.7. The number of aromatic nitrogens is 1. The fourth-order valence-electron chi connectivity index (χ4n) is 4.12. The minimum absolute atomic E-state index is 0.262. The Labute approximate surface area is 194 Å². The van der Waals surface area contributed by atoms with Crippen molar-refractivity contribution in [3.63, 3.8) is 0 Å². The van der Waals surface area contributed by atoms with E-state index in [1.54, 1.807) is 24.3 Å². The van der Waals surface area contributed by atoms with E-state index in [1.807, 2.05) is 24.4 Å². The summed E-state index contributed by atoms with van der Waals surface area (Å²) in [4.78, 5) is 19.9. The van der Waals surface area contributed by atoms with Crippen molar-refractivity contribution < 1.29 is 13.9 Å².